The molecule has 0 aliphatic carbocycles. The number of thioether (sulfide) groups is 2. The number of fused-ring (bicyclic) bond motifs is 1. The van der Waals surface area contributed by atoms with Crippen LogP contribution in [0.15, 0.2) is 28.7 Å². The number of rotatable bonds is 4. The van der Waals surface area contributed by atoms with Crippen molar-refractivity contribution in [1.29, 1.82) is 0 Å². The minimum atomic E-state index is 0.281. The van der Waals surface area contributed by atoms with Crippen molar-refractivity contribution in [3.8, 4) is 0 Å². The Morgan fingerprint density at radius 1 is 1.40 bits per heavy atom. The van der Waals surface area contributed by atoms with Crippen LogP contribution in [0.3, 0.4) is 0 Å². The van der Waals surface area contributed by atoms with Gasteiger partial charge in [-0.25, -0.2) is 0 Å². The van der Waals surface area contributed by atoms with Gasteiger partial charge >= 0.3 is 0 Å². The molecular formula is C15H18ClNOS2. The second kappa shape index (κ2) is 6.65. The Balaban J connectivity index is 1.91. The van der Waals surface area contributed by atoms with E-state index < -0.39 is 0 Å². The fourth-order valence-corrected chi connectivity index (χ4v) is 5.55. The van der Waals surface area contributed by atoms with Gasteiger partial charge in [0, 0.05) is 32.9 Å². The topological polar surface area (TPSA) is 25.2 Å². The zero-order chi connectivity index (χ0) is 13.9. The van der Waals surface area contributed by atoms with Gasteiger partial charge in [-0.2, -0.15) is 23.5 Å². The molecule has 0 bridgehead atoms. The van der Waals surface area contributed by atoms with Crippen LogP contribution in [0.1, 0.15) is 18.7 Å². The lowest BCUT2D eigenvalue weighted by atomic mass is 10.1. The molecule has 1 fully saturated rings. The molecule has 0 radical (unpaired) electrons. The number of nitrogens with one attached hydrogen (secondary N) is 1. The van der Waals surface area contributed by atoms with Crippen molar-refractivity contribution in [3.05, 3.63) is 35.0 Å². The van der Waals surface area contributed by atoms with Gasteiger partial charge in [0.2, 0.25) is 0 Å². The van der Waals surface area contributed by atoms with Gasteiger partial charge in [-0.15, -0.1) is 0 Å². The van der Waals surface area contributed by atoms with Gasteiger partial charge in [-0.3, -0.25) is 0 Å². The van der Waals surface area contributed by atoms with E-state index in [0.717, 1.165) is 28.3 Å². The Labute approximate surface area is 133 Å². The molecule has 20 heavy (non-hydrogen) atoms. The first-order valence-electron chi connectivity index (χ1n) is 6.89. The van der Waals surface area contributed by atoms with Crippen molar-refractivity contribution in [2.75, 3.05) is 23.8 Å². The van der Waals surface area contributed by atoms with Crippen molar-refractivity contribution in [2.24, 2.45) is 0 Å². The van der Waals surface area contributed by atoms with Crippen molar-refractivity contribution < 1.29 is 4.42 Å². The third-order valence-corrected chi connectivity index (χ3v) is 6.54. The third-order valence-electron chi connectivity index (χ3n) is 3.44. The van der Waals surface area contributed by atoms with E-state index in [0.29, 0.717) is 5.25 Å². The average molecular weight is 328 g/mol. The highest BCUT2D eigenvalue weighted by atomic mass is 35.5. The number of halogens is 1. The summed E-state index contributed by atoms with van der Waals surface area (Å²) in [6.45, 7) is 3.09. The Kier molecular flexibility index (Phi) is 4.87. The molecule has 2 unspecified atom stereocenters. The van der Waals surface area contributed by atoms with Gasteiger partial charge in [0.15, 0.2) is 0 Å². The van der Waals surface area contributed by atoms with E-state index in [1.165, 1.54) is 17.3 Å². The van der Waals surface area contributed by atoms with E-state index in [-0.39, 0.29) is 6.04 Å². The van der Waals surface area contributed by atoms with E-state index in [1.54, 1.807) is 0 Å². The lowest BCUT2D eigenvalue weighted by Crippen LogP contribution is -2.33. The third kappa shape index (κ3) is 3.14. The molecule has 1 aliphatic heterocycles. The highest BCUT2D eigenvalue weighted by Gasteiger charge is 2.28. The molecule has 1 N–H and O–H groups in total. The Morgan fingerprint density at radius 3 is 3.05 bits per heavy atom. The van der Waals surface area contributed by atoms with Crippen LogP contribution in [0.5, 0.6) is 0 Å². The summed E-state index contributed by atoms with van der Waals surface area (Å²) >= 11 is 10.1. The lowest BCUT2D eigenvalue weighted by Gasteiger charge is -2.28. The number of hydrogen-bond acceptors (Lipinski definition) is 4. The first-order valence-corrected chi connectivity index (χ1v) is 9.48. The Hall–Kier alpha value is -0.290. The summed E-state index contributed by atoms with van der Waals surface area (Å²) in [4.78, 5) is 0. The smallest absolute Gasteiger partial charge is 0.134 e. The quantitative estimate of drug-likeness (QED) is 0.888. The summed E-state index contributed by atoms with van der Waals surface area (Å²) in [6.07, 6.45) is 0. The fraction of sp³-hybridized carbons (Fsp3) is 0.467. The minimum absolute atomic E-state index is 0.281. The van der Waals surface area contributed by atoms with Gasteiger partial charge in [0.25, 0.3) is 0 Å². The first-order chi connectivity index (χ1) is 9.78. The van der Waals surface area contributed by atoms with Gasteiger partial charge in [-0.1, -0.05) is 18.5 Å². The van der Waals surface area contributed by atoms with Crippen LogP contribution in [0.2, 0.25) is 5.02 Å². The van der Waals surface area contributed by atoms with Gasteiger partial charge in [0.05, 0.1) is 6.04 Å². The molecule has 1 aliphatic rings. The van der Waals surface area contributed by atoms with E-state index >= 15 is 0 Å². The van der Waals surface area contributed by atoms with Crippen LogP contribution < -0.4 is 5.32 Å². The number of furan rings is 1. The zero-order valence-corrected chi connectivity index (χ0v) is 13.8. The summed E-state index contributed by atoms with van der Waals surface area (Å²) < 4.78 is 6.05. The van der Waals surface area contributed by atoms with E-state index in [2.05, 4.69) is 18.3 Å². The monoisotopic (exact) mass is 327 g/mol. The van der Waals surface area contributed by atoms with Crippen molar-refractivity contribution in [2.45, 2.75) is 18.2 Å². The SMILES string of the molecule is CCNC(c1cc2cc(Cl)ccc2o1)C1CSCCS1. The highest BCUT2D eigenvalue weighted by Crippen LogP contribution is 2.36. The number of hydrogen-bond donors (Lipinski definition) is 1. The summed E-state index contributed by atoms with van der Waals surface area (Å²) in [6, 6.07) is 8.21. The molecule has 0 saturated carbocycles. The second-order valence-corrected chi connectivity index (χ2v) is 7.78. The van der Waals surface area contributed by atoms with Crippen LogP contribution in [0.4, 0.5) is 0 Å². The van der Waals surface area contributed by atoms with E-state index in [1.807, 2.05) is 41.7 Å². The van der Waals surface area contributed by atoms with Crippen molar-refractivity contribution >= 4 is 46.1 Å². The van der Waals surface area contributed by atoms with Crippen LogP contribution in [-0.4, -0.2) is 29.1 Å². The Bertz CT molecular complexity index is 580. The largest absolute Gasteiger partial charge is 0.459 e. The summed E-state index contributed by atoms with van der Waals surface area (Å²) in [7, 11) is 0. The molecule has 2 aromatic rings. The molecule has 0 amide bonds. The van der Waals surface area contributed by atoms with E-state index in [4.69, 9.17) is 16.0 Å². The second-order valence-electron chi connectivity index (χ2n) is 4.85. The fourth-order valence-electron chi connectivity index (χ4n) is 2.52. The number of benzene rings is 1. The van der Waals surface area contributed by atoms with Crippen molar-refractivity contribution in [3.63, 3.8) is 0 Å². The maximum atomic E-state index is 6.05. The zero-order valence-electron chi connectivity index (χ0n) is 11.4. The van der Waals surface area contributed by atoms with Crippen molar-refractivity contribution in [1.82, 2.24) is 5.32 Å². The summed E-state index contributed by atoms with van der Waals surface area (Å²) in [5.74, 6) is 4.70. The summed E-state index contributed by atoms with van der Waals surface area (Å²) in [5, 5.41) is 6.00. The van der Waals surface area contributed by atoms with Gasteiger partial charge < -0.3 is 9.73 Å². The maximum Gasteiger partial charge on any atom is 0.134 e. The predicted octanol–water partition coefficient (Wildman–Crippen LogP) is 4.59. The average Bonchev–Trinajstić information content (AvgIpc) is 2.88. The molecule has 108 valence electrons. The molecular weight excluding hydrogens is 310 g/mol. The van der Waals surface area contributed by atoms with Crippen LogP contribution in [-0.2, 0) is 0 Å². The van der Waals surface area contributed by atoms with Crippen LogP contribution in [0.25, 0.3) is 11.0 Å². The standard InChI is InChI=1S/C15H18ClNOS2/c1-2-17-15(14-9-19-5-6-20-14)13-8-10-7-11(16)3-4-12(10)18-13/h3-4,7-8,14-15,17H,2,5-6,9H2,1H3. The molecule has 2 heterocycles. The molecule has 3 rings (SSSR count). The van der Waals surface area contributed by atoms with Gasteiger partial charge in [-0.05, 0) is 30.8 Å². The molecule has 0 spiro atoms. The molecule has 1 aromatic heterocycles. The van der Waals surface area contributed by atoms with E-state index in [9.17, 15) is 0 Å². The first kappa shape index (κ1) is 14.6. The molecule has 1 aromatic carbocycles. The normalized spacial score (nSPS) is 21.2. The highest BCUT2D eigenvalue weighted by molar-refractivity contribution is 8.06. The predicted molar refractivity (Wildman–Crippen MR) is 91.2 cm³/mol. The molecule has 2 nitrogen and oxygen atoms in total. The maximum absolute atomic E-state index is 6.05. The summed E-state index contributed by atoms with van der Waals surface area (Å²) in [5.41, 5.74) is 0.917. The molecule has 5 heteroatoms. The van der Waals surface area contributed by atoms with Crippen LogP contribution in [0, 0.1) is 0 Å². The van der Waals surface area contributed by atoms with Crippen LogP contribution >= 0.6 is 35.1 Å². The molecule has 2 atom stereocenters. The van der Waals surface area contributed by atoms with Gasteiger partial charge in [0.1, 0.15) is 11.3 Å². The minimum Gasteiger partial charge on any atom is -0.459 e. The Morgan fingerprint density at radius 2 is 2.30 bits per heavy atom. The lowest BCUT2D eigenvalue weighted by molar-refractivity contribution is 0.436. The molecule has 1 saturated heterocycles.